The van der Waals surface area contributed by atoms with Crippen molar-refractivity contribution in [1.29, 1.82) is 0 Å². The molecule has 0 amide bonds. The SMILES string of the molecule is COc1cccc2c(O)cc3c(c12)[C@H]([C@@H](C)Cl)CN3C. The van der Waals surface area contributed by atoms with Crippen LogP contribution >= 0.6 is 11.6 Å². The zero-order chi connectivity index (χ0) is 14.4. The molecule has 4 heteroatoms. The van der Waals surface area contributed by atoms with E-state index in [2.05, 4.69) is 4.90 Å². The third kappa shape index (κ3) is 1.80. The summed E-state index contributed by atoms with van der Waals surface area (Å²) in [4.78, 5) is 2.14. The Morgan fingerprint density at radius 2 is 2.20 bits per heavy atom. The molecule has 2 atom stereocenters. The molecule has 0 aromatic heterocycles. The number of phenols is 1. The number of methoxy groups -OCH3 is 1. The quantitative estimate of drug-likeness (QED) is 0.856. The molecule has 0 fully saturated rings. The van der Waals surface area contributed by atoms with E-state index in [-0.39, 0.29) is 17.0 Å². The van der Waals surface area contributed by atoms with Crippen LogP contribution in [0.15, 0.2) is 24.3 Å². The predicted octanol–water partition coefficient (Wildman–Crippen LogP) is 3.71. The molecule has 1 aliphatic heterocycles. The van der Waals surface area contributed by atoms with Gasteiger partial charge in [-0.15, -0.1) is 11.6 Å². The summed E-state index contributed by atoms with van der Waals surface area (Å²) in [5.41, 5.74) is 2.22. The lowest BCUT2D eigenvalue weighted by Crippen LogP contribution is -2.19. The van der Waals surface area contributed by atoms with Crippen LogP contribution in [0.3, 0.4) is 0 Å². The van der Waals surface area contributed by atoms with Crippen molar-refractivity contribution < 1.29 is 9.84 Å². The average molecular weight is 292 g/mol. The third-order valence-electron chi connectivity index (χ3n) is 4.15. The van der Waals surface area contributed by atoms with Gasteiger partial charge in [0.2, 0.25) is 0 Å². The zero-order valence-electron chi connectivity index (χ0n) is 11.9. The Bertz CT molecular complexity index is 669. The molecule has 0 saturated carbocycles. The van der Waals surface area contributed by atoms with Gasteiger partial charge in [0, 0.05) is 47.4 Å². The van der Waals surface area contributed by atoms with Gasteiger partial charge in [-0.2, -0.15) is 0 Å². The van der Waals surface area contributed by atoms with Crippen molar-refractivity contribution in [3.05, 3.63) is 29.8 Å². The lowest BCUT2D eigenvalue weighted by molar-refractivity contribution is 0.419. The minimum absolute atomic E-state index is 0.0244. The third-order valence-corrected chi connectivity index (χ3v) is 4.45. The normalized spacial score (nSPS) is 19.2. The molecule has 2 aromatic carbocycles. The first-order valence-electron chi connectivity index (χ1n) is 6.72. The van der Waals surface area contributed by atoms with Gasteiger partial charge in [0.05, 0.1) is 7.11 Å². The number of nitrogens with zero attached hydrogens (tertiary/aromatic N) is 1. The van der Waals surface area contributed by atoms with E-state index in [4.69, 9.17) is 16.3 Å². The van der Waals surface area contributed by atoms with Gasteiger partial charge in [-0.3, -0.25) is 0 Å². The second-order valence-electron chi connectivity index (χ2n) is 5.38. The van der Waals surface area contributed by atoms with Gasteiger partial charge in [0.25, 0.3) is 0 Å². The Labute approximate surface area is 123 Å². The largest absolute Gasteiger partial charge is 0.507 e. The number of anilines is 1. The highest BCUT2D eigenvalue weighted by molar-refractivity contribution is 6.21. The zero-order valence-corrected chi connectivity index (χ0v) is 12.6. The number of benzene rings is 2. The van der Waals surface area contributed by atoms with Gasteiger partial charge in [-0.25, -0.2) is 0 Å². The van der Waals surface area contributed by atoms with E-state index < -0.39 is 0 Å². The van der Waals surface area contributed by atoms with Crippen molar-refractivity contribution in [1.82, 2.24) is 0 Å². The molecule has 2 aromatic rings. The lowest BCUT2D eigenvalue weighted by Gasteiger charge is -2.17. The van der Waals surface area contributed by atoms with Crippen molar-refractivity contribution in [3.8, 4) is 11.5 Å². The first-order valence-corrected chi connectivity index (χ1v) is 7.16. The molecule has 0 unspecified atom stereocenters. The van der Waals surface area contributed by atoms with Crippen LogP contribution in [-0.2, 0) is 0 Å². The van der Waals surface area contributed by atoms with Crippen LogP contribution in [0.25, 0.3) is 10.8 Å². The molecule has 0 bridgehead atoms. The predicted molar refractivity (Wildman–Crippen MR) is 83.5 cm³/mol. The molecule has 20 heavy (non-hydrogen) atoms. The average Bonchev–Trinajstić information content (AvgIpc) is 2.76. The lowest BCUT2D eigenvalue weighted by atomic mass is 9.92. The van der Waals surface area contributed by atoms with Gasteiger partial charge in [-0.1, -0.05) is 12.1 Å². The standard InChI is InChI=1S/C16H18ClNO2/c1-9(17)11-8-18(2)12-7-13(19)10-5-4-6-14(20-3)16(10)15(11)12/h4-7,9,11,19H,8H2,1-3H3/t9-,11+/m1/s1. The topological polar surface area (TPSA) is 32.7 Å². The van der Waals surface area contributed by atoms with Gasteiger partial charge >= 0.3 is 0 Å². The number of fused-ring (bicyclic) bond motifs is 3. The monoisotopic (exact) mass is 291 g/mol. The fourth-order valence-electron chi connectivity index (χ4n) is 3.16. The number of aromatic hydroxyl groups is 1. The number of rotatable bonds is 2. The van der Waals surface area contributed by atoms with E-state index >= 15 is 0 Å². The maximum absolute atomic E-state index is 10.3. The molecule has 0 saturated heterocycles. The summed E-state index contributed by atoms with van der Waals surface area (Å²) in [5, 5.41) is 12.1. The van der Waals surface area contributed by atoms with Crippen LogP contribution in [-0.4, -0.2) is 31.2 Å². The first-order chi connectivity index (χ1) is 9.54. The molecular weight excluding hydrogens is 274 g/mol. The molecule has 1 aliphatic rings. The van der Waals surface area contributed by atoms with E-state index in [1.807, 2.05) is 38.2 Å². The van der Waals surface area contributed by atoms with Gasteiger partial charge in [0.15, 0.2) is 0 Å². The second-order valence-corrected chi connectivity index (χ2v) is 6.06. The van der Waals surface area contributed by atoms with Gasteiger partial charge in [0.1, 0.15) is 11.5 Å². The Morgan fingerprint density at radius 3 is 2.85 bits per heavy atom. The van der Waals surface area contributed by atoms with E-state index in [0.717, 1.165) is 28.8 Å². The minimum atomic E-state index is 0.0244. The summed E-state index contributed by atoms with van der Waals surface area (Å²) >= 11 is 6.38. The summed E-state index contributed by atoms with van der Waals surface area (Å²) < 4.78 is 5.50. The van der Waals surface area contributed by atoms with E-state index in [1.54, 1.807) is 7.11 Å². The van der Waals surface area contributed by atoms with Crippen LogP contribution < -0.4 is 9.64 Å². The van der Waals surface area contributed by atoms with Crippen molar-refractivity contribution in [2.75, 3.05) is 25.6 Å². The van der Waals surface area contributed by atoms with Crippen LogP contribution in [0.4, 0.5) is 5.69 Å². The van der Waals surface area contributed by atoms with Crippen molar-refractivity contribution >= 4 is 28.1 Å². The Balaban J connectivity index is 2.41. The van der Waals surface area contributed by atoms with Gasteiger partial charge in [-0.05, 0) is 18.6 Å². The second kappa shape index (κ2) is 4.74. The first kappa shape index (κ1) is 13.4. The number of ether oxygens (including phenoxy) is 1. The molecule has 0 aliphatic carbocycles. The number of halogens is 1. The smallest absolute Gasteiger partial charge is 0.127 e. The Morgan fingerprint density at radius 1 is 1.45 bits per heavy atom. The van der Waals surface area contributed by atoms with E-state index in [9.17, 15) is 5.11 Å². The van der Waals surface area contributed by atoms with Crippen LogP contribution in [0.1, 0.15) is 18.4 Å². The molecular formula is C16H18ClNO2. The van der Waals surface area contributed by atoms with E-state index in [1.165, 1.54) is 5.56 Å². The van der Waals surface area contributed by atoms with Crippen LogP contribution in [0.5, 0.6) is 11.5 Å². The number of hydrogen-bond acceptors (Lipinski definition) is 3. The summed E-state index contributed by atoms with van der Waals surface area (Å²) in [6, 6.07) is 7.57. The highest BCUT2D eigenvalue weighted by Crippen LogP contribution is 2.48. The molecule has 1 heterocycles. The van der Waals surface area contributed by atoms with Gasteiger partial charge < -0.3 is 14.7 Å². The van der Waals surface area contributed by atoms with Crippen molar-refractivity contribution in [2.24, 2.45) is 0 Å². The maximum Gasteiger partial charge on any atom is 0.127 e. The van der Waals surface area contributed by atoms with Crippen molar-refractivity contribution in [3.63, 3.8) is 0 Å². The van der Waals surface area contributed by atoms with E-state index in [0.29, 0.717) is 0 Å². The van der Waals surface area contributed by atoms with Crippen molar-refractivity contribution in [2.45, 2.75) is 18.2 Å². The summed E-state index contributed by atoms with van der Waals surface area (Å²) in [7, 11) is 3.68. The van der Waals surface area contributed by atoms with Crippen LogP contribution in [0.2, 0.25) is 0 Å². The molecule has 3 rings (SSSR count). The fourth-order valence-corrected chi connectivity index (χ4v) is 3.36. The van der Waals surface area contributed by atoms with Crippen LogP contribution in [0, 0.1) is 0 Å². The summed E-state index contributed by atoms with van der Waals surface area (Å²) in [5.74, 6) is 1.30. The minimum Gasteiger partial charge on any atom is -0.507 e. The highest BCUT2D eigenvalue weighted by atomic mass is 35.5. The molecule has 106 valence electrons. The Hall–Kier alpha value is -1.61. The summed E-state index contributed by atoms with van der Waals surface area (Å²) in [6.07, 6.45) is 0. The number of likely N-dealkylation sites (N-methyl/N-ethyl adjacent to an activating group) is 1. The molecule has 0 spiro atoms. The number of alkyl halides is 1. The summed E-state index contributed by atoms with van der Waals surface area (Å²) in [6.45, 7) is 2.87. The Kier molecular flexibility index (Phi) is 3.17. The number of hydrogen-bond donors (Lipinski definition) is 1. The highest BCUT2D eigenvalue weighted by Gasteiger charge is 2.33. The number of phenolic OH excluding ortho intramolecular Hbond substituents is 1. The fraction of sp³-hybridized carbons (Fsp3) is 0.375. The maximum atomic E-state index is 10.3. The molecule has 0 radical (unpaired) electrons. The molecule has 1 N–H and O–H groups in total. The molecule has 3 nitrogen and oxygen atoms in total.